The zero-order valence-electron chi connectivity index (χ0n) is 11.1. The molecule has 1 amide bonds. The Kier molecular flexibility index (Phi) is 6.93. The van der Waals surface area contributed by atoms with Crippen molar-refractivity contribution in [3.8, 4) is 0 Å². The summed E-state index contributed by atoms with van der Waals surface area (Å²) in [5, 5.41) is 3.08. The van der Waals surface area contributed by atoms with E-state index < -0.39 is 5.54 Å². The lowest BCUT2D eigenvalue weighted by atomic mass is 9.96. The summed E-state index contributed by atoms with van der Waals surface area (Å²) in [7, 11) is 0. The number of hydrogen-bond donors (Lipinski definition) is 2. The molecule has 0 aromatic heterocycles. The van der Waals surface area contributed by atoms with Crippen LogP contribution in [0.2, 0.25) is 0 Å². The lowest BCUT2D eigenvalue weighted by molar-refractivity contribution is -0.126. The van der Waals surface area contributed by atoms with Crippen molar-refractivity contribution < 1.29 is 4.79 Å². The first-order valence-corrected chi connectivity index (χ1v) is 6.31. The van der Waals surface area contributed by atoms with E-state index >= 15 is 0 Å². The smallest absolute Gasteiger partial charge is 0.239 e. The molecular weight excluding hydrogens is 273 g/mol. The second-order valence-electron chi connectivity index (χ2n) is 5.75. The predicted molar refractivity (Wildman–Crippen MR) is 78.5 cm³/mol. The van der Waals surface area contributed by atoms with Gasteiger partial charge in [0.05, 0.1) is 5.54 Å². The van der Waals surface area contributed by atoms with E-state index in [0.717, 1.165) is 19.4 Å². The van der Waals surface area contributed by atoms with Crippen molar-refractivity contribution in [3.63, 3.8) is 0 Å². The Balaban J connectivity index is 0.00000144. The molecule has 0 spiro atoms. The fourth-order valence-corrected chi connectivity index (χ4v) is 2.73. The number of nitrogens with one attached hydrogen (secondary N) is 1. The highest BCUT2D eigenvalue weighted by molar-refractivity contribution is 5.86. The SMILES string of the molecule is CC(C)(N)C(=O)NC1CCN2CCCC2C1.Cl.Cl. The highest BCUT2D eigenvalue weighted by Crippen LogP contribution is 2.26. The first-order chi connectivity index (χ1) is 7.47. The highest BCUT2D eigenvalue weighted by atomic mass is 35.5. The minimum absolute atomic E-state index is 0. The molecule has 0 radical (unpaired) electrons. The average Bonchev–Trinajstić information content (AvgIpc) is 2.63. The third-order valence-electron chi connectivity index (χ3n) is 3.74. The number of halogens is 2. The van der Waals surface area contributed by atoms with Gasteiger partial charge < -0.3 is 16.0 Å². The summed E-state index contributed by atoms with van der Waals surface area (Å²) in [5.41, 5.74) is 5.02. The van der Waals surface area contributed by atoms with Crippen molar-refractivity contribution in [2.24, 2.45) is 5.73 Å². The van der Waals surface area contributed by atoms with Crippen LogP contribution in [0, 0.1) is 0 Å². The van der Waals surface area contributed by atoms with Gasteiger partial charge in [-0.1, -0.05) is 0 Å². The third-order valence-corrected chi connectivity index (χ3v) is 3.74. The van der Waals surface area contributed by atoms with Gasteiger partial charge in [0.15, 0.2) is 0 Å². The third kappa shape index (κ3) is 4.26. The molecule has 2 rings (SSSR count). The maximum atomic E-state index is 11.8. The second kappa shape index (κ2) is 6.94. The van der Waals surface area contributed by atoms with E-state index in [2.05, 4.69) is 10.2 Å². The molecule has 2 heterocycles. The van der Waals surface area contributed by atoms with E-state index in [4.69, 9.17) is 5.73 Å². The van der Waals surface area contributed by atoms with E-state index in [1.165, 1.54) is 19.4 Å². The van der Waals surface area contributed by atoms with Gasteiger partial charge >= 0.3 is 0 Å². The van der Waals surface area contributed by atoms with Crippen molar-refractivity contribution in [2.75, 3.05) is 13.1 Å². The minimum atomic E-state index is -0.757. The van der Waals surface area contributed by atoms with Crippen LogP contribution in [0.15, 0.2) is 0 Å². The van der Waals surface area contributed by atoms with Gasteiger partial charge in [-0.2, -0.15) is 0 Å². The molecule has 18 heavy (non-hydrogen) atoms. The highest BCUT2D eigenvalue weighted by Gasteiger charge is 2.33. The number of carbonyl (C=O) groups excluding carboxylic acids is 1. The van der Waals surface area contributed by atoms with Crippen LogP contribution in [-0.2, 0) is 4.79 Å². The van der Waals surface area contributed by atoms with Crippen molar-refractivity contribution in [1.29, 1.82) is 0 Å². The maximum Gasteiger partial charge on any atom is 0.239 e. The van der Waals surface area contributed by atoms with Crippen molar-refractivity contribution >= 4 is 30.7 Å². The van der Waals surface area contributed by atoms with Gasteiger partial charge in [0.1, 0.15) is 0 Å². The summed E-state index contributed by atoms with van der Waals surface area (Å²) in [5.74, 6) is -0.0241. The first kappa shape index (κ1) is 18.0. The number of hydrogen-bond acceptors (Lipinski definition) is 3. The second-order valence-corrected chi connectivity index (χ2v) is 5.75. The number of rotatable bonds is 2. The van der Waals surface area contributed by atoms with Crippen LogP contribution in [-0.4, -0.2) is 41.5 Å². The Morgan fingerprint density at radius 1 is 1.28 bits per heavy atom. The number of fused-ring (bicyclic) bond motifs is 1. The number of piperidine rings is 1. The summed E-state index contributed by atoms with van der Waals surface area (Å²) in [6.07, 6.45) is 4.77. The van der Waals surface area contributed by atoms with E-state index in [1.54, 1.807) is 13.8 Å². The van der Waals surface area contributed by atoms with Gasteiger partial charge in [0.25, 0.3) is 0 Å². The van der Waals surface area contributed by atoms with E-state index in [-0.39, 0.29) is 30.7 Å². The standard InChI is InChI=1S/C12H23N3O.2ClH/c1-12(2,13)11(16)14-9-5-7-15-6-3-4-10(15)8-9;;/h9-10H,3-8,13H2,1-2H3,(H,14,16);2*1H. The van der Waals surface area contributed by atoms with Crippen molar-refractivity contribution in [1.82, 2.24) is 10.2 Å². The quantitative estimate of drug-likeness (QED) is 0.808. The molecule has 6 heteroatoms. The van der Waals surface area contributed by atoms with Crippen LogP contribution in [0.25, 0.3) is 0 Å². The molecule has 2 unspecified atom stereocenters. The van der Waals surface area contributed by atoms with Gasteiger partial charge in [-0.15, -0.1) is 24.8 Å². The van der Waals surface area contributed by atoms with Crippen LogP contribution in [0.1, 0.15) is 39.5 Å². The van der Waals surface area contributed by atoms with Gasteiger partial charge in [-0.05, 0) is 46.1 Å². The summed E-state index contributed by atoms with van der Waals surface area (Å²) >= 11 is 0. The normalized spacial score (nSPS) is 27.7. The maximum absolute atomic E-state index is 11.8. The molecule has 2 atom stereocenters. The van der Waals surface area contributed by atoms with Crippen LogP contribution in [0.3, 0.4) is 0 Å². The molecule has 2 aliphatic heterocycles. The zero-order chi connectivity index (χ0) is 11.8. The number of carbonyl (C=O) groups is 1. The van der Waals surface area contributed by atoms with Crippen LogP contribution >= 0.6 is 24.8 Å². The Morgan fingerprint density at radius 2 is 1.94 bits per heavy atom. The number of amides is 1. The van der Waals surface area contributed by atoms with Gasteiger partial charge in [-0.25, -0.2) is 0 Å². The molecule has 4 nitrogen and oxygen atoms in total. The van der Waals surface area contributed by atoms with Crippen molar-refractivity contribution in [2.45, 2.75) is 57.2 Å². The zero-order valence-corrected chi connectivity index (χ0v) is 12.8. The minimum Gasteiger partial charge on any atom is -0.352 e. The molecule has 2 saturated heterocycles. The fourth-order valence-electron chi connectivity index (χ4n) is 2.73. The molecule has 108 valence electrons. The topological polar surface area (TPSA) is 58.4 Å². The molecule has 0 aromatic rings. The molecule has 2 aliphatic rings. The molecule has 2 fully saturated rings. The molecule has 0 aromatic carbocycles. The van der Waals surface area contributed by atoms with E-state index in [1.807, 2.05) is 0 Å². The average molecular weight is 298 g/mol. The van der Waals surface area contributed by atoms with E-state index in [9.17, 15) is 4.79 Å². The van der Waals surface area contributed by atoms with Gasteiger partial charge in [-0.3, -0.25) is 4.79 Å². The molecule has 3 N–H and O–H groups in total. The molecule has 0 bridgehead atoms. The molecular formula is C12H25Cl2N3O. The van der Waals surface area contributed by atoms with Crippen LogP contribution in [0.4, 0.5) is 0 Å². The summed E-state index contributed by atoms with van der Waals surface area (Å²) in [6, 6.07) is 1.02. The monoisotopic (exact) mass is 297 g/mol. The lowest BCUT2D eigenvalue weighted by Gasteiger charge is -2.36. The van der Waals surface area contributed by atoms with E-state index in [0.29, 0.717) is 12.1 Å². The summed E-state index contributed by atoms with van der Waals surface area (Å²) in [6.45, 7) is 5.88. The Morgan fingerprint density at radius 3 is 2.56 bits per heavy atom. The Bertz CT molecular complexity index is 281. The molecule has 0 aliphatic carbocycles. The van der Waals surface area contributed by atoms with Crippen molar-refractivity contribution in [3.05, 3.63) is 0 Å². The van der Waals surface area contributed by atoms with Gasteiger partial charge in [0, 0.05) is 18.6 Å². The van der Waals surface area contributed by atoms with Crippen LogP contribution < -0.4 is 11.1 Å². The fraction of sp³-hybridized carbons (Fsp3) is 0.917. The number of nitrogens with zero attached hydrogens (tertiary/aromatic N) is 1. The lowest BCUT2D eigenvalue weighted by Crippen LogP contribution is -2.55. The summed E-state index contributed by atoms with van der Waals surface area (Å²) in [4.78, 5) is 14.3. The Hall–Kier alpha value is -0.0300. The first-order valence-electron chi connectivity index (χ1n) is 6.31. The predicted octanol–water partition coefficient (Wildman–Crippen LogP) is 1.31. The molecule has 0 saturated carbocycles. The van der Waals surface area contributed by atoms with Crippen LogP contribution in [0.5, 0.6) is 0 Å². The van der Waals surface area contributed by atoms with Gasteiger partial charge in [0.2, 0.25) is 5.91 Å². The Labute approximate surface area is 122 Å². The number of nitrogens with two attached hydrogens (primary N) is 1. The largest absolute Gasteiger partial charge is 0.352 e. The summed E-state index contributed by atoms with van der Waals surface area (Å²) < 4.78 is 0.